The topological polar surface area (TPSA) is 85.0 Å². The summed E-state index contributed by atoms with van der Waals surface area (Å²) in [5.74, 6) is -0.0778. The lowest BCUT2D eigenvalue weighted by Gasteiger charge is -2.15. The van der Waals surface area contributed by atoms with Gasteiger partial charge in [-0.25, -0.2) is 9.98 Å². The highest BCUT2D eigenvalue weighted by molar-refractivity contribution is 6.46. The first kappa shape index (κ1) is 17.7. The van der Waals surface area contributed by atoms with Crippen LogP contribution in [0.15, 0.2) is 70.3 Å². The zero-order valence-electron chi connectivity index (χ0n) is 15.2. The molecule has 4 rings (SSSR count). The zero-order valence-corrected chi connectivity index (χ0v) is 15.2. The Bertz CT molecular complexity index is 1060. The van der Waals surface area contributed by atoms with Crippen LogP contribution in [-0.2, 0) is 11.2 Å². The van der Waals surface area contributed by atoms with E-state index in [0.717, 1.165) is 5.56 Å². The summed E-state index contributed by atoms with van der Waals surface area (Å²) in [6, 6.07) is 16.8. The zero-order chi connectivity index (χ0) is 19.5. The summed E-state index contributed by atoms with van der Waals surface area (Å²) in [6.07, 6.45) is 1.72. The predicted octanol–water partition coefficient (Wildman–Crippen LogP) is 2.90. The number of aromatic nitrogens is 1. The van der Waals surface area contributed by atoms with Crippen LogP contribution in [0, 0.1) is 0 Å². The highest BCUT2D eigenvalue weighted by Gasteiger charge is 2.26. The SMILES string of the molecule is CN1C(=O)/C(=N/C(=O)c2coc(Cc3ccccc3)n2)COc2ccccc21. The van der Waals surface area contributed by atoms with Crippen LogP contribution < -0.4 is 9.64 Å². The molecule has 2 heterocycles. The van der Waals surface area contributed by atoms with Gasteiger partial charge in [0.25, 0.3) is 11.8 Å². The van der Waals surface area contributed by atoms with Crippen molar-refractivity contribution in [3.63, 3.8) is 0 Å². The smallest absolute Gasteiger partial charge is 0.299 e. The van der Waals surface area contributed by atoms with Crippen LogP contribution in [0.2, 0.25) is 0 Å². The molecule has 1 aromatic heterocycles. The molecule has 0 spiro atoms. The third-order valence-corrected chi connectivity index (χ3v) is 4.35. The molecule has 140 valence electrons. The maximum absolute atomic E-state index is 12.6. The fourth-order valence-electron chi connectivity index (χ4n) is 2.89. The molecule has 0 fully saturated rings. The van der Waals surface area contributed by atoms with Crippen LogP contribution in [0.3, 0.4) is 0 Å². The highest BCUT2D eigenvalue weighted by Crippen LogP contribution is 2.29. The summed E-state index contributed by atoms with van der Waals surface area (Å²) in [7, 11) is 1.61. The Kier molecular flexibility index (Phi) is 4.72. The summed E-state index contributed by atoms with van der Waals surface area (Å²) in [5, 5.41) is 0. The molecule has 0 radical (unpaired) electrons. The summed E-state index contributed by atoms with van der Waals surface area (Å²) >= 11 is 0. The number of oxazole rings is 1. The van der Waals surface area contributed by atoms with Gasteiger partial charge in [-0.3, -0.25) is 9.59 Å². The second-order valence-electron chi connectivity index (χ2n) is 6.27. The maximum Gasteiger partial charge on any atom is 0.299 e. The number of amides is 2. The van der Waals surface area contributed by atoms with Gasteiger partial charge < -0.3 is 14.1 Å². The van der Waals surface area contributed by atoms with Gasteiger partial charge in [0.2, 0.25) is 0 Å². The van der Waals surface area contributed by atoms with Crippen molar-refractivity contribution in [1.29, 1.82) is 0 Å². The molecule has 0 bridgehead atoms. The summed E-state index contributed by atoms with van der Waals surface area (Å²) in [5.41, 5.74) is 1.70. The molecule has 0 N–H and O–H groups in total. The lowest BCUT2D eigenvalue weighted by atomic mass is 10.1. The van der Waals surface area contributed by atoms with Crippen molar-refractivity contribution in [2.45, 2.75) is 6.42 Å². The largest absolute Gasteiger partial charge is 0.485 e. The van der Waals surface area contributed by atoms with E-state index in [2.05, 4.69) is 9.98 Å². The summed E-state index contributed by atoms with van der Waals surface area (Å²) < 4.78 is 11.0. The van der Waals surface area contributed by atoms with Crippen molar-refractivity contribution in [2.75, 3.05) is 18.6 Å². The molecule has 0 unspecified atom stereocenters. The Labute approximate surface area is 161 Å². The van der Waals surface area contributed by atoms with Gasteiger partial charge in [0.1, 0.15) is 24.3 Å². The number of fused-ring (bicyclic) bond motifs is 1. The molecule has 1 aliphatic heterocycles. The molecule has 7 heteroatoms. The van der Waals surface area contributed by atoms with Gasteiger partial charge in [-0.2, -0.15) is 0 Å². The van der Waals surface area contributed by atoms with Gasteiger partial charge in [0.15, 0.2) is 11.6 Å². The quantitative estimate of drug-likeness (QED) is 0.703. The lowest BCUT2D eigenvalue weighted by molar-refractivity contribution is -0.112. The third kappa shape index (κ3) is 3.55. The van der Waals surface area contributed by atoms with E-state index in [-0.39, 0.29) is 18.0 Å². The molecule has 2 amide bonds. The number of rotatable bonds is 3. The fraction of sp³-hybridized carbons (Fsp3) is 0.143. The Balaban J connectivity index is 1.53. The number of para-hydroxylation sites is 2. The Morgan fingerprint density at radius 3 is 2.71 bits per heavy atom. The summed E-state index contributed by atoms with van der Waals surface area (Å²) in [4.78, 5) is 34.7. The Hall–Kier alpha value is -3.74. The highest BCUT2D eigenvalue weighted by atomic mass is 16.5. The average Bonchev–Trinajstić information content (AvgIpc) is 3.15. The minimum absolute atomic E-state index is 0.0105. The molecule has 28 heavy (non-hydrogen) atoms. The molecule has 3 aromatic rings. The van der Waals surface area contributed by atoms with Gasteiger partial charge in [-0.15, -0.1) is 0 Å². The lowest BCUT2D eigenvalue weighted by Crippen LogP contribution is -2.34. The molecular weight excluding hydrogens is 358 g/mol. The van der Waals surface area contributed by atoms with E-state index in [1.165, 1.54) is 11.2 Å². The molecule has 0 saturated carbocycles. The number of ether oxygens (including phenoxy) is 1. The molecule has 2 aromatic carbocycles. The van der Waals surface area contributed by atoms with Crippen molar-refractivity contribution in [3.8, 4) is 5.75 Å². The van der Waals surface area contributed by atoms with E-state index in [1.807, 2.05) is 42.5 Å². The van der Waals surface area contributed by atoms with Gasteiger partial charge >= 0.3 is 0 Å². The van der Waals surface area contributed by atoms with Gasteiger partial charge in [0.05, 0.1) is 5.69 Å². The van der Waals surface area contributed by atoms with Crippen LogP contribution in [0.4, 0.5) is 5.69 Å². The van der Waals surface area contributed by atoms with Crippen LogP contribution >= 0.6 is 0 Å². The normalized spacial score (nSPS) is 15.1. The van der Waals surface area contributed by atoms with E-state index in [4.69, 9.17) is 9.15 Å². The predicted molar refractivity (Wildman–Crippen MR) is 103 cm³/mol. The van der Waals surface area contributed by atoms with E-state index in [0.29, 0.717) is 23.7 Å². The Morgan fingerprint density at radius 2 is 1.89 bits per heavy atom. The Morgan fingerprint density at radius 1 is 1.14 bits per heavy atom. The molecule has 0 saturated heterocycles. The number of anilines is 1. The van der Waals surface area contributed by atoms with Crippen LogP contribution in [0.5, 0.6) is 5.75 Å². The van der Waals surface area contributed by atoms with E-state index < -0.39 is 11.8 Å². The van der Waals surface area contributed by atoms with Crippen molar-refractivity contribution < 1.29 is 18.7 Å². The van der Waals surface area contributed by atoms with Crippen LogP contribution in [0.25, 0.3) is 0 Å². The maximum atomic E-state index is 12.6. The minimum Gasteiger partial charge on any atom is -0.485 e. The molecule has 0 atom stereocenters. The first-order valence-corrected chi connectivity index (χ1v) is 8.72. The molecule has 7 nitrogen and oxygen atoms in total. The first-order chi connectivity index (χ1) is 13.6. The standard InChI is InChI=1S/C21H17N3O4/c1-24-17-9-5-6-10-18(17)27-13-16(21(24)26)23-20(25)15-12-28-19(22-15)11-14-7-3-2-4-8-14/h2-10,12H,11,13H2,1H3/b23-16+. The first-order valence-electron chi connectivity index (χ1n) is 8.72. The summed E-state index contributed by atoms with van der Waals surface area (Å²) in [6.45, 7) is -0.0966. The second-order valence-corrected chi connectivity index (χ2v) is 6.27. The van der Waals surface area contributed by atoms with Crippen molar-refractivity contribution in [1.82, 2.24) is 4.98 Å². The van der Waals surface area contributed by atoms with Gasteiger partial charge in [-0.1, -0.05) is 42.5 Å². The number of aliphatic imine (C=N–C) groups is 1. The monoisotopic (exact) mass is 375 g/mol. The van der Waals surface area contributed by atoms with Crippen molar-refractivity contribution in [3.05, 3.63) is 78.0 Å². The van der Waals surface area contributed by atoms with Crippen LogP contribution in [-0.4, -0.2) is 36.2 Å². The molecule has 0 aliphatic carbocycles. The number of nitrogens with zero attached hydrogens (tertiary/aromatic N) is 3. The van der Waals surface area contributed by atoms with Crippen LogP contribution in [0.1, 0.15) is 21.9 Å². The number of hydrogen-bond acceptors (Lipinski definition) is 5. The van der Waals surface area contributed by atoms with E-state index in [9.17, 15) is 9.59 Å². The van der Waals surface area contributed by atoms with Gasteiger partial charge in [0, 0.05) is 13.5 Å². The number of carbonyl (C=O) groups excluding carboxylic acids is 2. The minimum atomic E-state index is -0.644. The van der Waals surface area contributed by atoms with Gasteiger partial charge in [-0.05, 0) is 17.7 Å². The number of hydrogen-bond donors (Lipinski definition) is 0. The van der Waals surface area contributed by atoms with E-state index >= 15 is 0 Å². The van der Waals surface area contributed by atoms with Crippen molar-refractivity contribution >= 4 is 23.2 Å². The van der Waals surface area contributed by atoms with E-state index in [1.54, 1.807) is 19.2 Å². The fourth-order valence-corrected chi connectivity index (χ4v) is 2.89. The molecular formula is C21H17N3O4. The molecule has 1 aliphatic rings. The second kappa shape index (κ2) is 7.48. The number of carbonyl (C=O) groups is 2. The average molecular weight is 375 g/mol. The van der Waals surface area contributed by atoms with Crippen molar-refractivity contribution in [2.24, 2.45) is 4.99 Å². The number of benzene rings is 2. The third-order valence-electron chi connectivity index (χ3n) is 4.35.